The molecule has 0 saturated heterocycles. The monoisotopic (exact) mass is 333 g/mol. The summed E-state index contributed by atoms with van der Waals surface area (Å²) >= 11 is 9.37. The molecule has 0 aliphatic carbocycles. The number of hydrogen-bond acceptors (Lipinski definition) is 2. The zero-order valence-electron chi connectivity index (χ0n) is 10.9. The molecule has 0 aliphatic heterocycles. The molecular formula is C13H17BrClNO2. The smallest absolute Gasteiger partial charge is 0.408 e. The van der Waals surface area contributed by atoms with Gasteiger partial charge in [0.2, 0.25) is 0 Å². The van der Waals surface area contributed by atoms with Gasteiger partial charge in [-0.1, -0.05) is 27.5 Å². The van der Waals surface area contributed by atoms with Gasteiger partial charge in [0, 0.05) is 9.50 Å². The Kier molecular flexibility index (Phi) is 5.05. The van der Waals surface area contributed by atoms with Gasteiger partial charge in [-0.25, -0.2) is 4.79 Å². The molecule has 0 aromatic heterocycles. The van der Waals surface area contributed by atoms with Gasteiger partial charge in [0.25, 0.3) is 0 Å². The maximum Gasteiger partial charge on any atom is 0.408 e. The second-order valence-corrected chi connectivity index (χ2v) is 6.32. The lowest BCUT2D eigenvalue weighted by molar-refractivity contribution is 0.0508. The van der Waals surface area contributed by atoms with Crippen molar-refractivity contribution in [1.82, 2.24) is 5.32 Å². The SMILES string of the molecule is CC(NC(=O)OC(C)(C)C)c1cc(Cl)ccc1Br. The van der Waals surface area contributed by atoms with E-state index >= 15 is 0 Å². The van der Waals surface area contributed by atoms with E-state index in [4.69, 9.17) is 16.3 Å². The molecule has 0 saturated carbocycles. The highest BCUT2D eigenvalue weighted by atomic mass is 79.9. The van der Waals surface area contributed by atoms with Crippen LogP contribution in [-0.4, -0.2) is 11.7 Å². The molecule has 5 heteroatoms. The topological polar surface area (TPSA) is 38.3 Å². The minimum Gasteiger partial charge on any atom is -0.444 e. The number of nitrogens with one attached hydrogen (secondary N) is 1. The number of carbonyl (C=O) groups is 1. The molecule has 3 nitrogen and oxygen atoms in total. The van der Waals surface area contributed by atoms with E-state index in [-0.39, 0.29) is 6.04 Å². The molecule has 0 aliphatic rings. The van der Waals surface area contributed by atoms with Crippen LogP contribution in [0.25, 0.3) is 0 Å². The third-order valence-corrected chi connectivity index (χ3v) is 3.12. The van der Waals surface area contributed by atoms with Gasteiger partial charge in [0.05, 0.1) is 6.04 Å². The van der Waals surface area contributed by atoms with Crippen LogP contribution in [0.5, 0.6) is 0 Å². The van der Waals surface area contributed by atoms with Gasteiger partial charge in [0.1, 0.15) is 5.60 Å². The van der Waals surface area contributed by atoms with Gasteiger partial charge in [-0.3, -0.25) is 0 Å². The Hall–Kier alpha value is -0.740. The van der Waals surface area contributed by atoms with E-state index in [0.717, 1.165) is 10.0 Å². The first-order valence-electron chi connectivity index (χ1n) is 5.63. The summed E-state index contributed by atoms with van der Waals surface area (Å²) in [6.45, 7) is 7.35. The van der Waals surface area contributed by atoms with Crippen LogP contribution in [0.4, 0.5) is 4.79 Å². The molecule has 1 amide bonds. The Morgan fingerprint density at radius 1 is 1.44 bits per heavy atom. The second kappa shape index (κ2) is 5.93. The molecule has 0 spiro atoms. The van der Waals surface area contributed by atoms with Gasteiger partial charge in [-0.05, 0) is 51.5 Å². The third-order valence-electron chi connectivity index (χ3n) is 2.16. The molecule has 0 bridgehead atoms. The molecule has 1 aromatic carbocycles. The summed E-state index contributed by atoms with van der Waals surface area (Å²) in [5.41, 5.74) is 0.406. The van der Waals surface area contributed by atoms with Crippen molar-refractivity contribution in [3.05, 3.63) is 33.3 Å². The van der Waals surface area contributed by atoms with Gasteiger partial charge in [-0.2, -0.15) is 0 Å². The zero-order valence-corrected chi connectivity index (χ0v) is 13.2. The van der Waals surface area contributed by atoms with Crippen molar-refractivity contribution in [2.24, 2.45) is 0 Å². The van der Waals surface area contributed by atoms with Crippen molar-refractivity contribution in [2.45, 2.75) is 39.3 Å². The van der Waals surface area contributed by atoms with Gasteiger partial charge in [0.15, 0.2) is 0 Å². The van der Waals surface area contributed by atoms with E-state index in [1.54, 1.807) is 6.07 Å². The molecule has 0 radical (unpaired) electrons. The third kappa shape index (κ3) is 4.86. The molecule has 1 unspecified atom stereocenters. The average molecular weight is 335 g/mol. The first-order chi connectivity index (χ1) is 8.19. The first-order valence-corrected chi connectivity index (χ1v) is 6.80. The Labute approximate surface area is 121 Å². The maximum absolute atomic E-state index is 11.7. The van der Waals surface area contributed by atoms with Gasteiger partial charge >= 0.3 is 6.09 Å². The summed E-state index contributed by atoms with van der Waals surface area (Å²) in [5.74, 6) is 0. The fourth-order valence-corrected chi connectivity index (χ4v) is 2.18. The largest absolute Gasteiger partial charge is 0.444 e. The fraction of sp³-hybridized carbons (Fsp3) is 0.462. The Morgan fingerprint density at radius 3 is 2.61 bits per heavy atom. The summed E-state index contributed by atoms with van der Waals surface area (Å²) in [6.07, 6.45) is -0.443. The molecule has 0 heterocycles. The van der Waals surface area contributed by atoms with Crippen LogP contribution in [0, 0.1) is 0 Å². The average Bonchev–Trinajstić information content (AvgIpc) is 2.18. The summed E-state index contributed by atoms with van der Waals surface area (Å²) in [4.78, 5) is 11.7. The van der Waals surface area contributed by atoms with Crippen molar-refractivity contribution in [3.63, 3.8) is 0 Å². The number of amides is 1. The summed E-state index contributed by atoms with van der Waals surface area (Å²) in [7, 11) is 0. The molecule has 1 rings (SSSR count). The highest BCUT2D eigenvalue weighted by Crippen LogP contribution is 2.26. The minimum absolute atomic E-state index is 0.187. The second-order valence-electron chi connectivity index (χ2n) is 5.03. The zero-order chi connectivity index (χ0) is 13.9. The number of alkyl carbamates (subject to hydrolysis) is 1. The van der Waals surface area contributed by atoms with E-state index in [9.17, 15) is 4.79 Å². The lowest BCUT2D eigenvalue weighted by Crippen LogP contribution is -2.34. The summed E-state index contributed by atoms with van der Waals surface area (Å²) in [6, 6.07) is 5.27. The highest BCUT2D eigenvalue weighted by Gasteiger charge is 2.19. The van der Waals surface area contributed by atoms with E-state index in [2.05, 4.69) is 21.2 Å². The Balaban J connectivity index is 2.73. The predicted octanol–water partition coefficient (Wildman–Crippen LogP) is 4.69. The van der Waals surface area contributed by atoms with E-state index in [1.165, 1.54) is 0 Å². The molecule has 18 heavy (non-hydrogen) atoms. The van der Waals surface area contributed by atoms with Crippen LogP contribution in [-0.2, 0) is 4.74 Å². The van der Waals surface area contributed by atoms with Crippen molar-refractivity contribution >= 4 is 33.6 Å². The number of hydrogen-bond donors (Lipinski definition) is 1. The Bertz CT molecular complexity index is 443. The summed E-state index contributed by atoms with van der Waals surface area (Å²) in [5, 5.41) is 3.40. The molecule has 1 N–H and O–H groups in total. The predicted molar refractivity (Wildman–Crippen MR) is 76.9 cm³/mol. The van der Waals surface area contributed by atoms with E-state index in [1.807, 2.05) is 39.8 Å². The van der Waals surface area contributed by atoms with E-state index in [0.29, 0.717) is 5.02 Å². The lowest BCUT2D eigenvalue weighted by Gasteiger charge is -2.22. The Morgan fingerprint density at radius 2 is 2.06 bits per heavy atom. The highest BCUT2D eigenvalue weighted by molar-refractivity contribution is 9.10. The maximum atomic E-state index is 11.7. The number of benzene rings is 1. The molecule has 0 fully saturated rings. The molecule has 1 aromatic rings. The van der Waals surface area contributed by atoms with Crippen molar-refractivity contribution in [3.8, 4) is 0 Å². The lowest BCUT2D eigenvalue weighted by atomic mass is 10.1. The van der Waals surface area contributed by atoms with Crippen LogP contribution < -0.4 is 5.32 Å². The molecule has 100 valence electrons. The van der Waals surface area contributed by atoms with Crippen LogP contribution >= 0.6 is 27.5 Å². The molecule has 1 atom stereocenters. The van der Waals surface area contributed by atoms with Crippen LogP contribution in [0.15, 0.2) is 22.7 Å². The van der Waals surface area contributed by atoms with E-state index < -0.39 is 11.7 Å². The van der Waals surface area contributed by atoms with Gasteiger partial charge in [-0.15, -0.1) is 0 Å². The summed E-state index contributed by atoms with van der Waals surface area (Å²) < 4.78 is 6.10. The quantitative estimate of drug-likeness (QED) is 0.852. The number of carbonyl (C=O) groups excluding carboxylic acids is 1. The number of rotatable bonds is 2. The van der Waals surface area contributed by atoms with Crippen LogP contribution in [0.2, 0.25) is 5.02 Å². The number of halogens is 2. The molecular weight excluding hydrogens is 318 g/mol. The van der Waals surface area contributed by atoms with Crippen molar-refractivity contribution < 1.29 is 9.53 Å². The number of ether oxygens (including phenoxy) is 1. The van der Waals surface area contributed by atoms with Gasteiger partial charge < -0.3 is 10.1 Å². The first kappa shape index (κ1) is 15.3. The van der Waals surface area contributed by atoms with Crippen molar-refractivity contribution in [1.29, 1.82) is 0 Å². The standard InChI is InChI=1S/C13H17BrClNO2/c1-8(16-12(17)18-13(2,3)4)10-7-9(15)5-6-11(10)14/h5-8H,1-4H3,(H,16,17). The minimum atomic E-state index is -0.505. The van der Waals surface area contributed by atoms with Crippen LogP contribution in [0.1, 0.15) is 39.3 Å². The van der Waals surface area contributed by atoms with Crippen LogP contribution in [0.3, 0.4) is 0 Å². The normalized spacial score (nSPS) is 13.0. The fourth-order valence-electron chi connectivity index (χ4n) is 1.41. The van der Waals surface area contributed by atoms with Crippen molar-refractivity contribution in [2.75, 3.05) is 0 Å².